The quantitative estimate of drug-likeness (QED) is 0.308. The molecule has 3 aliphatic heterocycles. The maximum atomic E-state index is 12.3. The highest BCUT2D eigenvalue weighted by Gasteiger charge is 2.58. The molecule has 3 fully saturated rings. The van der Waals surface area contributed by atoms with Crippen LogP contribution in [0.25, 0.3) is 0 Å². The van der Waals surface area contributed by atoms with Gasteiger partial charge in [0.25, 0.3) is 0 Å². The van der Waals surface area contributed by atoms with E-state index < -0.39 is 12.1 Å². The molecular weight excluding hydrogens is 551 g/mol. The summed E-state index contributed by atoms with van der Waals surface area (Å²) < 4.78 is 6.52. The maximum absolute atomic E-state index is 12.3. The van der Waals surface area contributed by atoms with Crippen LogP contribution < -0.4 is 0 Å². The second kappa shape index (κ2) is 12.4. The summed E-state index contributed by atoms with van der Waals surface area (Å²) in [5.41, 5.74) is 2.05. The lowest BCUT2D eigenvalue weighted by atomic mass is 9.69. The third-order valence-corrected chi connectivity index (χ3v) is 10.8. The van der Waals surface area contributed by atoms with E-state index in [4.69, 9.17) is 27.9 Å². The fourth-order valence-corrected chi connectivity index (χ4v) is 9.01. The van der Waals surface area contributed by atoms with Gasteiger partial charge >= 0.3 is 5.97 Å². The molecule has 5 rings (SSSR count). The number of ether oxygens (including phenoxy) is 1. The Balaban J connectivity index is 1.25. The number of hydrogen-bond donors (Lipinski definition) is 1. The van der Waals surface area contributed by atoms with Gasteiger partial charge in [-0.15, -0.1) is 0 Å². The molecule has 214 valence electrons. The van der Waals surface area contributed by atoms with E-state index in [0.29, 0.717) is 16.9 Å². The molecule has 4 heterocycles. The molecule has 0 radical (unpaired) electrons. The largest absolute Gasteiger partial charge is 0.479 e. The Morgan fingerprint density at radius 1 is 1.10 bits per heavy atom. The third-order valence-electron chi connectivity index (χ3n) is 9.48. The van der Waals surface area contributed by atoms with E-state index >= 15 is 0 Å². The lowest BCUT2D eigenvalue weighted by Gasteiger charge is -2.40. The van der Waals surface area contributed by atoms with Gasteiger partial charge in [-0.2, -0.15) is 11.3 Å². The Hall–Kier alpha value is -1.15. The van der Waals surface area contributed by atoms with Crippen LogP contribution in [0.15, 0.2) is 35.0 Å². The summed E-state index contributed by atoms with van der Waals surface area (Å²) in [4.78, 5) is 17.4. The predicted molar refractivity (Wildman–Crippen MR) is 160 cm³/mol. The van der Waals surface area contributed by atoms with Crippen molar-refractivity contribution in [3.05, 3.63) is 56.2 Å². The van der Waals surface area contributed by atoms with Crippen LogP contribution in [0.5, 0.6) is 0 Å². The van der Waals surface area contributed by atoms with Crippen molar-refractivity contribution in [1.29, 1.82) is 0 Å². The zero-order valence-electron chi connectivity index (χ0n) is 23.2. The molecule has 0 bridgehead atoms. The zero-order valence-corrected chi connectivity index (χ0v) is 25.5. The fourth-order valence-electron chi connectivity index (χ4n) is 7.82. The molecule has 8 heteroatoms. The van der Waals surface area contributed by atoms with E-state index in [9.17, 15) is 9.90 Å². The number of rotatable bonds is 10. The Bertz CT molecular complexity index is 1110. The molecule has 5 nitrogen and oxygen atoms in total. The monoisotopic (exact) mass is 592 g/mol. The van der Waals surface area contributed by atoms with Gasteiger partial charge in [-0.1, -0.05) is 56.0 Å². The van der Waals surface area contributed by atoms with E-state index in [-0.39, 0.29) is 11.0 Å². The van der Waals surface area contributed by atoms with Crippen LogP contribution in [-0.2, 0) is 16.1 Å². The van der Waals surface area contributed by atoms with Crippen molar-refractivity contribution < 1.29 is 14.6 Å². The summed E-state index contributed by atoms with van der Waals surface area (Å²) in [6.45, 7) is 10.2. The number of aliphatic carboxylic acids is 1. The molecule has 1 spiro atoms. The zero-order chi connectivity index (χ0) is 27.6. The lowest BCUT2D eigenvalue weighted by molar-refractivity contribution is -0.163. The average Bonchev–Trinajstić information content (AvgIpc) is 3.62. The van der Waals surface area contributed by atoms with Crippen molar-refractivity contribution in [2.24, 2.45) is 11.3 Å². The molecule has 1 aromatic carbocycles. The Morgan fingerprint density at radius 2 is 1.85 bits per heavy atom. The number of piperidine rings is 1. The van der Waals surface area contributed by atoms with E-state index in [0.717, 1.165) is 94.8 Å². The summed E-state index contributed by atoms with van der Waals surface area (Å²) in [5, 5.41) is 16.0. The molecule has 39 heavy (non-hydrogen) atoms. The van der Waals surface area contributed by atoms with Gasteiger partial charge in [-0.05, 0) is 78.1 Å². The highest BCUT2D eigenvalue weighted by molar-refractivity contribution is 7.08. The molecule has 3 aliphatic rings. The van der Waals surface area contributed by atoms with Gasteiger partial charge in [0.1, 0.15) is 0 Å². The first kappa shape index (κ1) is 29.3. The Labute approximate surface area is 247 Å². The van der Waals surface area contributed by atoms with Crippen LogP contribution >= 0.6 is 34.5 Å². The van der Waals surface area contributed by atoms with Crippen molar-refractivity contribution in [3.63, 3.8) is 0 Å². The lowest BCUT2D eigenvalue weighted by Crippen LogP contribution is -2.46. The summed E-state index contributed by atoms with van der Waals surface area (Å²) >= 11 is 14.4. The first-order valence-corrected chi connectivity index (χ1v) is 16.3. The molecule has 1 aromatic heterocycles. The van der Waals surface area contributed by atoms with Crippen LogP contribution in [0.3, 0.4) is 0 Å². The minimum atomic E-state index is -0.776. The van der Waals surface area contributed by atoms with Gasteiger partial charge in [0, 0.05) is 60.6 Å². The number of likely N-dealkylation sites (tertiary alicyclic amines) is 2. The number of carbonyl (C=O) groups is 1. The highest BCUT2D eigenvalue weighted by atomic mass is 35.5. The van der Waals surface area contributed by atoms with Gasteiger partial charge in [0.05, 0.1) is 5.60 Å². The molecular formula is C31H42Cl2N2O3S. The standard InChI is InChI=1S/C31H42Cl2N2O3S/c1-3-8-30(9-4-2)21-31(38-28(30)29(36)37)10-12-34(13-11-31)17-24-18-35(19-26(24)23-7-14-39-20-23)16-22-5-6-25(32)15-27(22)33/h5-7,14-15,20,24,26,28H,3-4,8-13,16-19,21H2,1-2H3,(H,36,37)/t24-,26+,28+/m0/s1. The van der Waals surface area contributed by atoms with Crippen LogP contribution in [0.4, 0.5) is 0 Å². The summed E-state index contributed by atoms with van der Waals surface area (Å²) in [5.74, 6) is 0.260. The van der Waals surface area contributed by atoms with Crippen LogP contribution in [-0.4, -0.2) is 65.3 Å². The van der Waals surface area contributed by atoms with Gasteiger partial charge < -0.3 is 14.7 Å². The highest BCUT2D eigenvalue weighted by Crippen LogP contribution is 2.54. The SMILES string of the molecule is CCCC1(CCC)CC2(CCN(C[C@H]3CN(Cc4ccc(Cl)cc4Cl)C[C@@H]3c3ccsc3)CC2)O[C@@H]1C(=O)O. The Morgan fingerprint density at radius 3 is 2.46 bits per heavy atom. The number of thiophene rings is 1. The second-order valence-corrected chi connectivity index (χ2v) is 13.8. The van der Waals surface area contributed by atoms with Crippen LogP contribution in [0.1, 0.15) is 75.8 Å². The number of carboxylic acids is 1. The van der Waals surface area contributed by atoms with Gasteiger partial charge in [-0.3, -0.25) is 4.90 Å². The minimum absolute atomic E-state index is 0.226. The number of halogens is 2. The summed E-state index contributed by atoms with van der Waals surface area (Å²) in [7, 11) is 0. The molecule has 0 saturated carbocycles. The topological polar surface area (TPSA) is 53.0 Å². The van der Waals surface area contributed by atoms with Crippen LogP contribution in [0.2, 0.25) is 10.0 Å². The smallest absolute Gasteiger partial charge is 0.333 e. The average molecular weight is 594 g/mol. The first-order chi connectivity index (χ1) is 18.8. The van der Waals surface area contributed by atoms with Crippen molar-refractivity contribution >= 4 is 40.5 Å². The number of nitrogens with zero attached hydrogens (tertiary/aromatic N) is 2. The summed E-state index contributed by atoms with van der Waals surface area (Å²) in [6.07, 6.45) is 5.93. The normalized spacial score (nSPS) is 26.9. The van der Waals surface area contributed by atoms with Gasteiger partial charge in [0.2, 0.25) is 0 Å². The Kier molecular flexibility index (Phi) is 9.32. The molecule has 1 N–H and O–H groups in total. The van der Waals surface area contributed by atoms with E-state index in [1.807, 2.05) is 18.2 Å². The van der Waals surface area contributed by atoms with Crippen molar-refractivity contribution in [1.82, 2.24) is 9.80 Å². The van der Waals surface area contributed by atoms with E-state index in [1.165, 1.54) is 5.56 Å². The minimum Gasteiger partial charge on any atom is -0.479 e. The van der Waals surface area contributed by atoms with Crippen molar-refractivity contribution in [2.75, 3.05) is 32.7 Å². The molecule has 3 atom stereocenters. The van der Waals surface area contributed by atoms with Crippen molar-refractivity contribution in [3.8, 4) is 0 Å². The van der Waals surface area contributed by atoms with Gasteiger partial charge in [-0.25, -0.2) is 4.79 Å². The number of hydrogen-bond acceptors (Lipinski definition) is 5. The molecule has 2 aromatic rings. The molecule has 3 saturated heterocycles. The molecule has 0 amide bonds. The molecule has 0 aliphatic carbocycles. The van der Waals surface area contributed by atoms with E-state index in [1.54, 1.807) is 11.3 Å². The van der Waals surface area contributed by atoms with E-state index in [2.05, 4.69) is 40.5 Å². The third kappa shape index (κ3) is 6.37. The maximum Gasteiger partial charge on any atom is 0.333 e. The summed E-state index contributed by atoms with van der Waals surface area (Å²) in [6, 6.07) is 8.09. The fraction of sp³-hybridized carbons (Fsp3) is 0.645. The first-order valence-electron chi connectivity index (χ1n) is 14.6. The second-order valence-electron chi connectivity index (χ2n) is 12.2. The predicted octanol–water partition coefficient (Wildman–Crippen LogP) is 7.57. The number of carboxylic acid groups (broad SMARTS) is 1. The number of benzene rings is 1. The van der Waals surface area contributed by atoms with Gasteiger partial charge in [0.15, 0.2) is 6.10 Å². The van der Waals surface area contributed by atoms with Crippen LogP contribution in [0, 0.1) is 11.3 Å². The van der Waals surface area contributed by atoms with Crippen molar-refractivity contribution in [2.45, 2.75) is 83.0 Å². The molecule has 0 unspecified atom stereocenters.